The molecule has 0 radical (unpaired) electrons. The fraction of sp³-hybridized carbons (Fsp3) is 0.611. The lowest BCUT2D eigenvalue weighted by atomic mass is 9.92. The molecule has 0 aromatic heterocycles. The van der Waals surface area contributed by atoms with E-state index in [1.807, 2.05) is 6.07 Å². The van der Waals surface area contributed by atoms with Crippen LogP contribution < -0.4 is 4.72 Å². The Balaban J connectivity index is 1.59. The van der Waals surface area contributed by atoms with Crippen molar-refractivity contribution in [2.75, 3.05) is 39.3 Å². The molecule has 138 valence electrons. The summed E-state index contributed by atoms with van der Waals surface area (Å²) in [7, 11) is -3.65. The topological polar surface area (TPSA) is 69.7 Å². The third-order valence-corrected chi connectivity index (χ3v) is 6.61. The second kappa shape index (κ2) is 7.85. The van der Waals surface area contributed by atoms with E-state index in [1.165, 1.54) is 5.56 Å². The highest BCUT2D eigenvalue weighted by molar-refractivity contribution is 7.89. The van der Waals surface area contributed by atoms with Crippen molar-refractivity contribution in [3.63, 3.8) is 0 Å². The molecule has 25 heavy (non-hydrogen) atoms. The Labute approximate surface area is 150 Å². The number of benzene rings is 1. The SMILES string of the molecule is CCN1CCN(C(=O)CNS(=O)(=O)c2ccc3c(c2)CCCC3)CC1. The fourth-order valence-electron chi connectivity index (χ4n) is 3.54. The van der Waals surface area contributed by atoms with Crippen LogP contribution in [0.25, 0.3) is 0 Å². The molecule has 0 saturated carbocycles. The van der Waals surface area contributed by atoms with Gasteiger partial charge in [0.1, 0.15) is 0 Å². The first-order valence-electron chi connectivity index (χ1n) is 9.11. The molecule has 1 aromatic rings. The Bertz CT molecular complexity index is 725. The van der Waals surface area contributed by atoms with E-state index in [1.54, 1.807) is 17.0 Å². The molecule has 1 heterocycles. The van der Waals surface area contributed by atoms with E-state index in [0.717, 1.165) is 50.9 Å². The van der Waals surface area contributed by atoms with Crippen LogP contribution in [0.15, 0.2) is 23.1 Å². The fourth-order valence-corrected chi connectivity index (χ4v) is 4.57. The van der Waals surface area contributed by atoms with E-state index < -0.39 is 10.0 Å². The number of amides is 1. The first-order chi connectivity index (χ1) is 12.0. The van der Waals surface area contributed by atoms with Crippen LogP contribution in [-0.2, 0) is 27.7 Å². The maximum Gasteiger partial charge on any atom is 0.241 e. The maximum absolute atomic E-state index is 12.5. The molecule has 1 aliphatic carbocycles. The van der Waals surface area contributed by atoms with Gasteiger partial charge in [0.25, 0.3) is 0 Å². The van der Waals surface area contributed by atoms with Crippen molar-refractivity contribution in [1.82, 2.24) is 14.5 Å². The third-order valence-electron chi connectivity index (χ3n) is 5.22. The molecule has 1 saturated heterocycles. The monoisotopic (exact) mass is 365 g/mol. The van der Waals surface area contributed by atoms with Crippen molar-refractivity contribution >= 4 is 15.9 Å². The molecule has 6 nitrogen and oxygen atoms in total. The number of aryl methyl sites for hydroxylation is 2. The second-order valence-corrected chi connectivity index (χ2v) is 8.54. The minimum atomic E-state index is -3.65. The molecule has 3 rings (SSSR count). The van der Waals surface area contributed by atoms with Gasteiger partial charge in [-0.1, -0.05) is 13.0 Å². The number of fused-ring (bicyclic) bond motifs is 1. The largest absolute Gasteiger partial charge is 0.339 e. The maximum atomic E-state index is 12.5. The Morgan fingerprint density at radius 1 is 1.08 bits per heavy atom. The Morgan fingerprint density at radius 2 is 1.76 bits per heavy atom. The van der Waals surface area contributed by atoms with Gasteiger partial charge in [0.05, 0.1) is 11.4 Å². The summed E-state index contributed by atoms with van der Waals surface area (Å²) in [5, 5.41) is 0. The van der Waals surface area contributed by atoms with Gasteiger partial charge in [-0.3, -0.25) is 4.79 Å². The average molecular weight is 365 g/mol. The lowest BCUT2D eigenvalue weighted by Crippen LogP contribution is -2.51. The summed E-state index contributed by atoms with van der Waals surface area (Å²) >= 11 is 0. The quantitative estimate of drug-likeness (QED) is 0.845. The van der Waals surface area contributed by atoms with Crippen molar-refractivity contribution in [3.05, 3.63) is 29.3 Å². The molecule has 0 atom stereocenters. The molecule has 1 aromatic carbocycles. The molecular formula is C18H27N3O3S. The van der Waals surface area contributed by atoms with Crippen molar-refractivity contribution < 1.29 is 13.2 Å². The number of hydrogen-bond donors (Lipinski definition) is 1. The minimum absolute atomic E-state index is 0.155. The highest BCUT2D eigenvalue weighted by atomic mass is 32.2. The summed E-state index contributed by atoms with van der Waals surface area (Å²) in [5.74, 6) is -0.155. The van der Waals surface area contributed by atoms with Crippen molar-refractivity contribution in [1.29, 1.82) is 0 Å². The number of carbonyl (C=O) groups excluding carboxylic acids is 1. The van der Waals surface area contributed by atoms with Crippen molar-refractivity contribution in [3.8, 4) is 0 Å². The smallest absolute Gasteiger partial charge is 0.241 e. The van der Waals surface area contributed by atoms with Crippen molar-refractivity contribution in [2.24, 2.45) is 0 Å². The van der Waals surface area contributed by atoms with Gasteiger partial charge in [0.2, 0.25) is 15.9 Å². The number of rotatable bonds is 5. The summed E-state index contributed by atoms with van der Waals surface area (Å²) in [6.45, 7) is 5.92. The van der Waals surface area contributed by atoms with Crippen LogP contribution in [0.1, 0.15) is 30.9 Å². The number of nitrogens with one attached hydrogen (secondary N) is 1. The van der Waals surface area contributed by atoms with E-state index in [9.17, 15) is 13.2 Å². The zero-order valence-electron chi connectivity index (χ0n) is 14.8. The highest BCUT2D eigenvalue weighted by Gasteiger charge is 2.23. The molecular weight excluding hydrogens is 338 g/mol. The lowest BCUT2D eigenvalue weighted by Gasteiger charge is -2.34. The van der Waals surface area contributed by atoms with Crippen LogP contribution in [0.5, 0.6) is 0 Å². The zero-order chi connectivity index (χ0) is 17.9. The Hall–Kier alpha value is -1.44. The molecule has 1 aliphatic heterocycles. The van der Waals surface area contributed by atoms with Crippen molar-refractivity contribution in [2.45, 2.75) is 37.5 Å². The van der Waals surface area contributed by atoms with Crippen LogP contribution in [0.4, 0.5) is 0 Å². The van der Waals surface area contributed by atoms with E-state index in [4.69, 9.17) is 0 Å². The second-order valence-electron chi connectivity index (χ2n) is 6.78. The van der Waals surface area contributed by atoms with Gasteiger partial charge in [-0.2, -0.15) is 0 Å². The molecule has 0 spiro atoms. The van der Waals surface area contributed by atoms with Crippen LogP contribution in [0, 0.1) is 0 Å². The van der Waals surface area contributed by atoms with Gasteiger partial charge in [-0.05, 0) is 55.5 Å². The Morgan fingerprint density at radius 3 is 2.44 bits per heavy atom. The standard InChI is InChI=1S/C18H27N3O3S/c1-2-20-9-11-21(12-10-20)18(22)14-19-25(23,24)17-8-7-15-5-3-4-6-16(15)13-17/h7-8,13,19H,2-6,9-12,14H2,1H3. The minimum Gasteiger partial charge on any atom is -0.339 e. The number of piperazine rings is 1. The molecule has 0 bridgehead atoms. The predicted molar refractivity (Wildman–Crippen MR) is 97.0 cm³/mol. The average Bonchev–Trinajstić information content (AvgIpc) is 2.66. The molecule has 2 aliphatic rings. The van der Waals surface area contributed by atoms with Crippen LogP contribution in [0.3, 0.4) is 0 Å². The summed E-state index contributed by atoms with van der Waals surface area (Å²) in [6.07, 6.45) is 4.22. The normalized spacial score (nSPS) is 18.8. The summed E-state index contributed by atoms with van der Waals surface area (Å²) in [4.78, 5) is 16.6. The first-order valence-corrected chi connectivity index (χ1v) is 10.6. The molecule has 1 fully saturated rings. The molecule has 1 N–H and O–H groups in total. The number of nitrogens with zero attached hydrogens (tertiary/aromatic N) is 2. The predicted octanol–water partition coefficient (Wildman–Crippen LogP) is 1.01. The number of hydrogen-bond acceptors (Lipinski definition) is 4. The van der Waals surface area contributed by atoms with Gasteiger partial charge < -0.3 is 9.80 Å². The highest BCUT2D eigenvalue weighted by Crippen LogP contribution is 2.24. The molecule has 7 heteroatoms. The molecule has 1 amide bonds. The van der Waals surface area contributed by atoms with E-state index in [-0.39, 0.29) is 17.3 Å². The van der Waals surface area contributed by atoms with Gasteiger partial charge in [-0.25, -0.2) is 13.1 Å². The van der Waals surface area contributed by atoms with E-state index in [2.05, 4.69) is 16.5 Å². The summed E-state index contributed by atoms with van der Waals surface area (Å²) in [5.41, 5.74) is 2.37. The van der Waals surface area contributed by atoms with E-state index in [0.29, 0.717) is 13.1 Å². The van der Waals surface area contributed by atoms with E-state index >= 15 is 0 Å². The van der Waals surface area contributed by atoms with Gasteiger partial charge in [-0.15, -0.1) is 0 Å². The first kappa shape index (κ1) is 18.4. The number of carbonyl (C=O) groups is 1. The van der Waals surface area contributed by atoms with Gasteiger partial charge >= 0.3 is 0 Å². The lowest BCUT2D eigenvalue weighted by molar-refractivity contribution is -0.131. The Kier molecular flexibility index (Phi) is 5.76. The number of sulfonamides is 1. The summed E-state index contributed by atoms with van der Waals surface area (Å²) in [6, 6.07) is 5.33. The van der Waals surface area contributed by atoms with Crippen LogP contribution >= 0.6 is 0 Å². The summed E-state index contributed by atoms with van der Waals surface area (Å²) < 4.78 is 27.5. The van der Waals surface area contributed by atoms with Gasteiger partial charge in [0.15, 0.2) is 0 Å². The number of likely N-dealkylation sites (N-methyl/N-ethyl adjacent to an activating group) is 1. The third kappa shape index (κ3) is 4.40. The van der Waals surface area contributed by atoms with Crippen LogP contribution in [0.2, 0.25) is 0 Å². The molecule has 0 unspecified atom stereocenters. The van der Waals surface area contributed by atoms with Crippen LogP contribution in [-0.4, -0.2) is 63.4 Å². The van der Waals surface area contributed by atoms with Gasteiger partial charge in [0, 0.05) is 26.2 Å². The zero-order valence-corrected chi connectivity index (χ0v) is 15.6.